The minimum absolute atomic E-state index is 0.00150. The fraction of sp³-hybridized carbons (Fsp3) is 0.480. The average molecular weight is 438 g/mol. The summed E-state index contributed by atoms with van der Waals surface area (Å²) in [5.41, 5.74) is 3.33. The van der Waals surface area contributed by atoms with E-state index in [-0.39, 0.29) is 12.2 Å². The van der Waals surface area contributed by atoms with E-state index in [2.05, 4.69) is 34.5 Å². The van der Waals surface area contributed by atoms with Gasteiger partial charge in [0, 0.05) is 57.8 Å². The van der Waals surface area contributed by atoms with Gasteiger partial charge in [0.15, 0.2) is 5.79 Å². The van der Waals surface area contributed by atoms with Gasteiger partial charge in [-0.15, -0.1) is 0 Å². The van der Waals surface area contributed by atoms with E-state index in [0.29, 0.717) is 26.3 Å². The fourth-order valence-corrected chi connectivity index (χ4v) is 4.65. The molecule has 1 unspecified atom stereocenters. The molecule has 1 N–H and O–H groups in total. The van der Waals surface area contributed by atoms with Gasteiger partial charge in [0.05, 0.1) is 6.61 Å². The summed E-state index contributed by atoms with van der Waals surface area (Å²) in [6.45, 7) is 5.71. The average Bonchev–Trinajstić information content (AvgIpc) is 3.27. The van der Waals surface area contributed by atoms with Crippen LogP contribution in [0.5, 0.6) is 0 Å². The first-order chi connectivity index (χ1) is 15.7. The molecule has 5 rings (SSSR count). The van der Waals surface area contributed by atoms with Crippen LogP contribution in [-0.4, -0.2) is 62.7 Å². The van der Waals surface area contributed by atoms with Gasteiger partial charge in [0.1, 0.15) is 12.7 Å². The number of nitrogens with zero attached hydrogens (tertiary/aromatic N) is 2. The van der Waals surface area contributed by atoms with Crippen molar-refractivity contribution in [3.63, 3.8) is 0 Å². The van der Waals surface area contributed by atoms with Crippen molar-refractivity contribution in [3.05, 3.63) is 65.7 Å². The van der Waals surface area contributed by atoms with Crippen LogP contribution in [0, 0.1) is 0 Å². The van der Waals surface area contributed by atoms with Crippen molar-refractivity contribution in [2.24, 2.45) is 0 Å². The molecule has 7 nitrogen and oxygen atoms in total. The number of hydrogen-bond acceptors (Lipinski definition) is 6. The molecule has 3 fully saturated rings. The molecule has 3 aliphatic heterocycles. The summed E-state index contributed by atoms with van der Waals surface area (Å²) < 4.78 is 17.8. The van der Waals surface area contributed by atoms with E-state index in [1.54, 1.807) is 4.90 Å². The van der Waals surface area contributed by atoms with Crippen molar-refractivity contribution in [1.82, 2.24) is 10.2 Å². The van der Waals surface area contributed by atoms with E-state index in [1.807, 2.05) is 30.3 Å². The van der Waals surface area contributed by atoms with Crippen LogP contribution in [0.15, 0.2) is 54.6 Å². The molecule has 7 heteroatoms. The Morgan fingerprint density at radius 3 is 2.44 bits per heavy atom. The maximum atomic E-state index is 12.4. The van der Waals surface area contributed by atoms with E-state index in [0.717, 1.165) is 50.1 Å². The summed E-state index contributed by atoms with van der Waals surface area (Å²) in [6, 6.07) is 18.4. The number of amides is 1. The Labute approximate surface area is 189 Å². The molecular formula is C25H31N3O4. The largest absolute Gasteiger partial charge is 0.445 e. The zero-order chi connectivity index (χ0) is 21.8. The SMILES string of the molecule is O=C(OCc1ccccc1)N1CCN(c2ccc(C3COC4(CCNCC4)O3)cc2)CC1. The summed E-state index contributed by atoms with van der Waals surface area (Å²) in [7, 11) is 0. The monoisotopic (exact) mass is 437 g/mol. The van der Waals surface area contributed by atoms with Gasteiger partial charge in [-0.3, -0.25) is 0 Å². The van der Waals surface area contributed by atoms with Crippen molar-refractivity contribution >= 4 is 11.8 Å². The van der Waals surface area contributed by atoms with Gasteiger partial charge in [0.25, 0.3) is 0 Å². The first-order valence-electron chi connectivity index (χ1n) is 11.5. The van der Waals surface area contributed by atoms with Gasteiger partial charge in [-0.1, -0.05) is 42.5 Å². The Hall–Kier alpha value is -2.61. The lowest BCUT2D eigenvalue weighted by Gasteiger charge is -2.35. The molecule has 32 heavy (non-hydrogen) atoms. The lowest BCUT2D eigenvalue weighted by atomic mass is 10.1. The number of nitrogens with one attached hydrogen (secondary N) is 1. The number of piperazine rings is 1. The van der Waals surface area contributed by atoms with E-state index < -0.39 is 5.79 Å². The second-order valence-electron chi connectivity index (χ2n) is 8.68. The smallest absolute Gasteiger partial charge is 0.410 e. The summed E-state index contributed by atoms with van der Waals surface area (Å²) in [4.78, 5) is 16.5. The number of piperidine rings is 1. The highest BCUT2D eigenvalue weighted by Crippen LogP contribution is 2.39. The van der Waals surface area contributed by atoms with Gasteiger partial charge in [-0.2, -0.15) is 0 Å². The van der Waals surface area contributed by atoms with E-state index in [1.165, 1.54) is 5.69 Å². The second kappa shape index (κ2) is 9.48. The Kier molecular flexibility index (Phi) is 6.30. The maximum absolute atomic E-state index is 12.4. The van der Waals surface area contributed by atoms with Crippen LogP contribution in [0.25, 0.3) is 0 Å². The number of anilines is 1. The predicted molar refractivity (Wildman–Crippen MR) is 121 cm³/mol. The topological polar surface area (TPSA) is 63.3 Å². The minimum atomic E-state index is -0.403. The number of ether oxygens (including phenoxy) is 3. The Bertz CT molecular complexity index is 891. The summed E-state index contributed by atoms with van der Waals surface area (Å²) in [5, 5.41) is 3.36. The van der Waals surface area contributed by atoms with Crippen molar-refractivity contribution in [3.8, 4) is 0 Å². The number of carbonyl (C=O) groups excluding carboxylic acids is 1. The first-order valence-corrected chi connectivity index (χ1v) is 11.5. The number of benzene rings is 2. The molecule has 0 aliphatic carbocycles. The normalized spacial score (nSPS) is 22.8. The molecule has 0 aromatic heterocycles. The van der Waals surface area contributed by atoms with Gasteiger partial charge in [-0.05, 0) is 23.3 Å². The van der Waals surface area contributed by atoms with E-state index >= 15 is 0 Å². The van der Waals surface area contributed by atoms with E-state index in [4.69, 9.17) is 14.2 Å². The molecule has 170 valence electrons. The highest BCUT2D eigenvalue weighted by atomic mass is 16.7. The van der Waals surface area contributed by atoms with Crippen molar-refractivity contribution in [1.29, 1.82) is 0 Å². The summed E-state index contributed by atoms with van der Waals surface area (Å²) in [6.07, 6.45) is 1.56. The molecule has 0 radical (unpaired) electrons. The molecule has 0 saturated carbocycles. The molecule has 0 bridgehead atoms. The molecule has 2 aromatic carbocycles. The molecule has 1 spiro atoms. The molecule has 3 saturated heterocycles. The van der Waals surface area contributed by atoms with Crippen LogP contribution >= 0.6 is 0 Å². The molecule has 3 heterocycles. The van der Waals surface area contributed by atoms with Crippen molar-refractivity contribution in [2.45, 2.75) is 31.3 Å². The van der Waals surface area contributed by atoms with Crippen LogP contribution < -0.4 is 10.2 Å². The molecular weight excluding hydrogens is 406 g/mol. The summed E-state index contributed by atoms with van der Waals surface area (Å²) in [5.74, 6) is -0.403. The predicted octanol–water partition coefficient (Wildman–Crippen LogP) is 3.31. The number of hydrogen-bond donors (Lipinski definition) is 1. The van der Waals surface area contributed by atoms with Gasteiger partial charge < -0.3 is 29.3 Å². The highest BCUT2D eigenvalue weighted by molar-refractivity contribution is 5.68. The number of carbonyl (C=O) groups is 1. The third-order valence-electron chi connectivity index (χ3n) is 6.59. The van der Waals surface area contributed by atoms with Gasteiger partial charge in [0.2, 0.25) is 0 Å². The zero-order valence-corrected chi connectivity index (χ0v) is 18.4. The van der Waals surface area contributed by atoms with Crippen LogP contribution in [0.2, 0.25) is 0 Å². The Morgan fingerprint density at radius 1 is 1.00 bits per heavy atom. The molecule has 2 aromatic rings. The van der Waals surface area contributed by atoms with Gasteiger partial charge in [-0.25, -0.2) is 4.79 Å². The minimum Gasteiger partial charge on any atom is -0.445 e. The quantitative estimate of drug-likeness (QED) is 0.792. The third kappa shape index (κ3) is 4.75. The lowest BCUT2D eigenvalue weighted by Crippen LogP contribution is -2.48. The van der Waals surface area contributed by atoms with Crippen LogP contribution in [-0.2, 0) is 20.8 Å². The van der Waals surface area contributed by atoms with Gasteiger partial charge >= 0.3 is 6.09 Å². The summed E-state index contributed by atoms with van der Waals surface area (Å²) >= 11 is 0. The maximum Gasteiger partial charge on any atom is 0.410 e. The first kappa shape index (κ1) is 21.2. The lowest BCUT2D eigenvalue weighted by molar-refractivity contribution is -0.183. The highest BCUT2D eigenvalue weighted by Gasteiger charge is 2.42. The van der Waals surface area contributed by atoms with E-state index in [9.17, 15) is 4.79 Å². The molecule has 1 atom stereocenters. The Balaban J connectivity index is 1.11. The molecule has 3 aliphatic rings. The molecule has 1 amide bonds. The Morgan fingerprint density at radius 2 is 1.72 bits per heavy atom. The number of rotatable bonds is 4. The fourth-order valence-electron chi connectivity index (χ4n) is 4.65. The standard InChI is InChI=1S/C25H31N3O4/c29-24(30-18-20-4-2-1-3-5-20)28-16-14-27(15-17-28)22-8-6-21(7-9-22)23-19-31-25(32-23)10-12-26-13-11-25/h1-9,23,26H,10-19H2. The van der Waals surface area contributed by atoms with Crippen molar-refractivity contribution < 1.29 is 19.0 Å². The second-order valence-corrected chi connectivity index (χ2v) is 8.68. The zero-order valence-electron chi connectivity index (χ0n) is 18.4. The third-order valence-corrected chi connectivity index (χ3v) is 6.59. The van der Waals surface area contributed by atoms with Crippen LogP contribution in [0.1, 0.15) is 30.1 Å². The van der Waals surface area contributed by atoms with Crippen LogP contribution in [0.3, 0.4) is 0 Å². The van der Waals surface area contributed by atoms with Crippen LogP contribution in [0.4, 0.5) is 10.5 Å². The van der Waals surface area contributed by atoms with Crippen molar-refractivity contribution in [2.75, 3.05) is 50.8 Å².